The molecular weight excluding hydrogens is 280 g/mol. The molecule has 7 heteroatoms. The SMILES string of the molecule is N#Cc1cc(N)ccc1Nc1ccc2c(c1)OC(F)(F)O2. The number of hydrogen-bond acceptors (Lipinski definition) is 5. The molecule has 1 heterocycles. The molecule has 1 aliphatic rings. The Kier molecular flexibility index (Phi) is 2.80. The van der Waals surface area contributed by atoms with Gasteiger partial charge in [0.05, 0.1) is 11.3 Å². The summed E-state index contributed by atoms with van der Waals surface area (Å²) in [4.78, 5) is 0. The van der Waals surface area contributed by atoms with Crippen molar-refractivity contribution in [2.24, 2.45) is 0 Å². The van der Waals surface area contributed by atoms with Gasteiger partial charge in [0.2, 0.25) is 0 Å². The Morgan fingerprint density at radius 1 is 1.10 bits per heavy atom. The molecule has 0 bridgehead atoms. The topological polar surface area (TPSA) is 80.3 Å². The van der Waals surface area contributed by atoms with Gasteiger partial charge in [0.25, 0.3) is 0 Å². The van der Waals surface area contributed by atoms with Gasteiger partial charge in [-0.2, -0.15) is 5.26 Å². The number of alkyl halides is 2. The summed E-state index contributed by atoms with van der Waals surface area (Å²) in [5.74, 6) is -0.109. The zero-order valence-electron chi connectivity index (χ0n) is 10.6. The van der Waals surface area contributed by atoms with E-state index >= 15 is 0 Å². The highest BCUT2D eigenvalue weighted by Gasteiger charge is 2.43. The Balaban J connectivity index is 1.89. The highest BCUT2D eigenvalue weighted by atomic mass is 19.3. The van der Waals surface area contributed by atoms with E-state index in [-0.39, 0.29) is 11.5 Å². The van der Waals surface area contributed by atoms with Crippen LogP contribution < -0.4 is 20.5 Å². The highest BCUT2D eigenvalue weighted by molar-refractivity contribution is 5.71. The Morgan fingerprint density at radius 3 is 2.62 bits per heavy atom. The van der Waals surface area contributed by atoms with Crippen molar-refractivity contribution in [3.63, 3.8) is 0 Å². The average Bonchev–Trinajstić information content (AvgIpc) is 2.74. The third kappa shape index (κ3) is 2.51. The molecule has 0 radical (unpaired) electrons. The van der Waals surface area contributed by atoms with E-state index in [4.69, 9.17) is 11.0 Å². The number of anilines is 3. The maximum atomic E-state index is 12.9. The van der Waals surface area contributed by atoms with Gasteiger partial charge in [-0.25, -0.2) is 0 Å². The van der Waals surface area contributed by atoms with Crippen LogP contribution in [0.25, 0.3) is 0 Å². The molecule has 2 aromatic rings. The smallest absolute Gasteiger partial charge is 0.399 e. The van der Waals surface area contributed by atoms with Crippen LogP contribution in [0.2, 0.25) is 0 Å². The summed E-state index contributed by atoms with van der Waals surface area (Å²) in [5, 5.41) is 12.0. The number of benzene rings is 2. The lowest BCUT2D eigenvalue weighted by Gasteiger charge is -2.09. The van der Waals surface area contributed by atoms with Gasteiger partial charge in [-0.05, 0) is 30.3 Å². The Bertz CT molecular complexity index is 756. The molecule has 0 saturated carbocycles. The summed E-state index contributed by atoms with van der Waals surface area (Å²) < 4.78 is 34.5. The first kappa shape index (κ1) is 13.0. The van der Waals surface area contributed by atoms with Crippen molar-refractivity contribution < 1.29 is 18.3 Å². The van der Waals surface area contributed by atoms with Crippen molar-refractivity contribution in [1.82, 2.24) is 0 Å². The predicted molar refractivity (Wildman–Crippen MR) is 71.5 cm³/mol. The minimum atomic E-state index is -3.65. The summed E-state index contributed by atoms with van der Waals surface area (Å²) in [6.45, 7) is 0. The van der Waals surface area contributed by atoms with Crippen LogP contribution in [-0.4, -0.2) is 6.29 Å². The van der Waals surface area contributed by atoms with Crippen LogP contribution in [0.1, 0.15) is 5.56 Å². The van der Waals surface area contributed by atoms with E-state index in [0.29, 0.717) is 22.6 Å². The third-order valence-corrected chi connectivity index (χ3v) is 2.84. The Hall–Kier alpha value is -3.01. The van der Waals surface area contributed by atoms with Crippen molar-refractivity contribution in [3.05, 3.63) is 42.0 Å². The maximum absolute atomic E-state index is 12.9. The molecule has 0 aliphatic carbocycles. The number of hydrogen-bond donors (Lipinski definition) is 2. The standard InChI is InChI=1S/C14H9F2N3O2/c15-14(16)20-12-4-2-10(6-13(12)21-14)19-11-3-1-9(18)5-8(11)7-17/h1-6,19H,18H2. The molecule has 0 amide bonds. The van der Waals surface area contributed by atoms with E-state index in [1.54, 1.807) is 18.2 Å². The molecule has 0 unspecified atom stereocenters. The number of nitrogens with two attached hydrogens (primary N) is 1. The quantitative estimate of drug-likeness (QED) is 0.830. The number of rotatable bonds is 2. The van der Waals surface area contributed by atoms with Crippen LogP contribution in [0.4, 0.5) is 25.8 Å². The second-order valence-corrected chi connectivity index (χ2v) is 4.37. The van der Waals surface area contributed by atoms with Gasteiger partial charge >= 0.3 is 6.29 Å². The minimum absolute atomic E-state index is 0.0386. The number of fused-ring (bicyclic) bond motifs is 1. The fourth-order valence-corrected chi connectivity index (χ4v) is 1.95. The molecule has 3 N–H and O–H groups in total. The van der Waals surface area contributed by atoms with Gasteiger partial charge in [0.15, 0.2) is 11.5 Å². The minimum Gasteiger partial charge on any atom is -0.399 e. The van der Waals surface area contributed by atoms with Crippen LogP contribution >= 0.6 is 0 Å². The molecule has 0 fully saturated rings. The zero-order chi connectivity index (χ0) is 15.0. The van der Waals surface area contributed by atoms with E-state index in [1.807, 2.05) is 6.07 Å². The van der Waals surface area contributed by atoms with E-state index in [1.165, 1.54) is 18.2 Å². The molecule has 0 spiro atoms. The number of nitriles is 1. The van der Waals surface area contributed by atoms with Gasteiger partial charge in [-0.3, -0.25) is 0 Å². The molecule has 2 aromatic carbocycles. The summed E-state index contributed by atoms with van der Waals surface area (Å²) in [5.41, 5.74) is 7.40. The fourth-order valence-electron chi connectivity index (χ4n) is 1.95. The van der Waals surface area contributed by atoms with Crippen LogP contribution in [0.15, 0.2) is 36.4 Å². The lowest BCUT2D eigenvalue weighted by molar-refractivity contribution is -0.286. The number of halogens is 2. The number of ether oxygens (including phenoxy) is 2. The monoisotopic (exact) mass is 289 g/mol. The number of nitrogens with zero attached hydrogens (tertiary/aromatic N) is 1. The van der Waals surface area contributed by atoms with Crippen molar-refractivity contribution in [3.8, 4) is 17.6 Å². The van der Waals surface area contributed by atoms with Crippen LogP contribution in [-0.2, 0) is 0 Å². The van der Waals surface area contributed by atoms with Crippen LogP contribution in [0.3, 0.4) is 0 Å². The Labute approximate surface area is 118 Å². The summed E-state index contributed by atoms with van der Waals surface area (Å²) in [7, 11) is 0. The molecule has 3 rings (SSSR count). The summed E-state index contributed by atoms with van der Waals surface area (Å²) in [6.07, 6.45) is -3.65. The third-order valence-electron chi connectivity index (χ3n) is 2.84. The average molecular weight is 289 g/mol. The normalized spacial score (nSPS) is 14.5. The molecule has 0 aromatic heterocycles. The van der Waals surface area contributed by atoms with E-state index < -0.39 is 6.29 Å². The van der Waals surface area contributed by atoms with Gasteiger partial charge in [-0.1, -0.05) is 0 Å². The lowest BCUT2D eigenvalue weighted by atomic mass is 10.1. The second-order valence-electron chi connectivity index (χ2n) is 4.37. The van der Waals surface area contributed by atoms with E-state index in [0.717, 1.165) is 0 Å². The van der Waals surface area contributed by atoms with Gasteiger partial charge < -0.3 is 20.5 Å². The summed E-state index contributed by atoms with van der Waals surface area (Å²) in [6, 6.07) is 11.1. The first-order valence-electron chi connectivity index (χ1n) is 5.93. The molecule has 21 heavy (non-hydrogen) atoms. The summed E-state index contributed by atoms with van der Waals surface area (Å²) >= 11 is 0. The largest absolute Gasteiger partial charge is 0.586 e. The van der Waals surface area contributed by atoms with Gasteiger partial charge in [0, 0.05) is 17.4 Å². The van der Waals surface area contributed by atoms with Gasteiger partial charge in [0.1, 0.15) is 6.07 Å². The lowest BCUT2D eigenvalue weighted by Crippen LogP contribution is -2.25. The number of nitrogen functional groups attached to an aromatic ring is 1. The number of nitrogens with one attached hydrogen (secondary N) is 1. The molecule has 1 aliphatic heterocycles. The van der Waals surface area contributed by atoms with Gasteiger partial charge in [-0.15, -0.1) is 8.78 Å². The van der Waals surface area contributed by atoms with Crippen molar-refractivity contribution in [2.75, 3.05) is 11.1 Å². The molecule has 106 valence electrons. The zero-order valence-corrected chi connectivity index (χ0v) is 10.6. The second kappa shape index (κ2) is 4.52. The predicted octanol–water partition coefficient (Wildman–Crippen LogP) is 3.21. The van der Waals surface area contributed by atoms with Crippen LogP contribution in [0, 0.1) is 11.3 Å². The maximum Gasteiger partial charge on any atom is 0.586 e. The Morgan fingerprint density at radius 2 is 1.86 bits per heavy atom. The highest BCUT2D eigenvalue weighted by Crippen LogP contribution is 2.42. The molecule has 0 atom stereocenters. The van der Waals surface area contributed by atoms with E-state index in [2.05, 4.69) is 14.8 Å². The molecule has 0 saturated heterocycles. The van der Waals surface area contributed by atoms with Crippen molar-refractivity contribution >= 4 is 17.1 Å². The van der Waals surface area contributed by atoms with Crippen molar-refractivity contribution in [1.29, 1.82) is 5.26 Å². The van der Waals surface area contributed by atoms with Crippen molar-refractivity contribution in [2.45, 2.75) is 6.29 Å². The van der Waals surface area contributed by atoms with Crippen LogP contribution in [0.5, 0.6) is 11.5 Å². The van der Waals surface area contributed by atoms with E-state index in [9.17, 15) is 8.78 Å². The molecule has 5 nitrogen and oxygen atoms in total. The fraction of sp³-hybridized carbons (Fsp3) is 0.0714. The first-order valence-corrected chi connectivity index (χ1v) is 5.93. The molecular formula is C14H9F2N3O2. The first-order chi connectivity index (χ1) is 9.97.